The van der Waals surface area contributed by atoms with E-state index in [1.165, 1.54) is 6.34 Å². The van der Waals surface area contributed by atoms with Crippen LogP contribution in [0.25, 0.3) is 4.85 Å². The third kappa shape index (κ3) is 4.75. The highest BCUT2D eigenvalue weighted by molar-refractivity contribution is 5.57. The lowest BCUT2D eigenvalue weighted by molar-refractivity contribution is 0.198. The van der Waals surface area contributed by atoms with Gasteiger partial charge in [-0.1, -0.05) is 6.57 Å². The maximum Gasteiger partial charge on any atom is 0.257 e. The van der Waals surface area contributed by atoms with E-state index in [0.717, 1.165) is 0 Å². The second-order valence-corrected chi connectivity index (χ2v) is 2.47. The van der Waals surface area contributed by atoms with E-state index in [1.807, 2.05) is 0 Å². The first-order chi connectivity index (χ1) is 6.61. The zero-order valence-corrected chi connectivity index (χ0v) is 7.73. The summed E-state index contributed by atoms with van der Waals surface area (Å²) in [6, 6.07) is 1.68. The molecule has 0 aromatic rings. The van der Waals surface area contributed by atoms with Crippen LogP contribution in [0.3, 0.4) is 0 Å². The fourth-order valence-corrected chi connectivity index (χ4v) is 0.539. The number of aliphatic imine (C=N–C) groups is 1. The van der Waals surface area contributed by atoms with Crippen LogP contribution in [-0.2, 0) is 0 Å². The first kappa shape index (κ1) is 11.9. The molecular formula is C8H11N5O. The van der Waals surface area contributed by atoms with Crippen LogP contribution in [0, 0.1) is 17.9 Å². The standard InChI is InChI=1S/C8H11N5O/c1-6(14)4-12-5-13-7(3-9)8(10)11-2/h5-6,14H,4,10H2,1H3,(H,12,13)/b8-7+/t6-/m0/s1. The number of aliphatic hydroxyl groups excluding tert-OH is 1. The summed E-state index contributed by atoms with van der Waals surface area (Å²) in [5, 5.41) is 20.0. The normalized spacial score (nSPS) is 14.0. The van der Waals surface area contributed by atoms with Gasteiger partial charge >= 0.3 is 0 Å². The summed E-state index contributed by atoms with van der Waals surface area (Å²) in [7, 11) is 0. The van der Waals surface area contributed by atoms with Crippen molar-refractivity contribution >= 4 is 6.34 Å². The van der Waals surface area contributed by atoms with Crippen molar-refractivity contribution in [2.75, 3.05) is 6.54 Å². The lowest BCUT2D eigenvalue weighted by atomic mass is 10.4. The van der Waals surface area contributed by atoms with E-state index in [2.05, 4.69) is 15.2 Å². The molecule has 74 valence electrons. The molecule has 0 spiro atoms. The second kappa shape index (κ2) is 6.46. The summed E-state index contributed by atoms with van der Waals surface area (Å²) in [5.41, 5.74) is 5.04. The van der Waals surface area contributed by atoms with Crippen molar-refractivity contribution in [2.24, 2.45) is 10.7 Å². The minimum Gasteiger partial charge on any atom is -0.392 e. The first-order valence-electron chi connectivity index (χ1n) is 3.83. The largest absolute Gasteiger partial charge is 0.392 e. The van der Waals surface area contributed by atoms with Gasteiger partial charge in [0.1, 0.15) is 6.07 Å². The molecule has 0 unspecified atom stereocenters. The number of nitriles is 1. The molecule has 0 bridgehead atoms. The smallest absolute Gasteiger partial charge is 0.257 e. The molecule has 6 nitrogen and oxygen atoms in total. The molecule has 0 rings (SSSR count). The third-order valence-electron chi connectivity index (χ3n) is 1.17. The fraction of sp³-hybridized carbons (Fsp3) is 0.375. The van der Waals surface area contributed by atoms with Crippen molar-refractivity contribution < 1.29 is 5.11 Å². The highest BCUT2D eigenvalue weighted by atomic mass is 16.3. The molecule has 0 aromatic heterocycles. The van der Waals surface area contributed by atoms with Gasteiger partial charge in [-0.25, -0.2) is 4.99 Å². The van der Waals surface area contributed by atoms with Gasteiger partial charge in [0.15, 0.2) is 5.70 Å². The van der Waals surface area contributed by atoms with Crippen LogP contribution in [0.4, 0.5) is 0 Å². The zero-order valence-electron chi connectivity index (χ0n) is 7.73. The van der Waals surface area contributed by atoms with Crippen molar-refractivity contribution in [1.82, 2.24) is 5.32 Å². The van der Waals surface area contributed by atoms with E-state index in [1.54, 1.807) is 13.0 Å². The van der Waals surface area contributed by atoms with Crippen molar-refractivity contribution in [1.29, 1.82) is 5.26 Å². The highest BCUT2D eigenvalue weighted by Gasteiger charge is 1.97. The lowest BCUT2D eigenvalue weighted by Gasteiger charge is -2.01. The van der Waals surface area contributed by atoms with Crippen LogP contribution in [0.5, 0.6) is 0 Å². The van der Waals surface area contributed by atoms with Gasteiger partial charge in [-0.2, -0.15) is 5.26 Å². The maximum atomic E-state index is 8.86. The zero-order chi connectivity index (χ0) is 11.0. The Balaban J connectivity index is 4.24. The summed E-state index contributed by atoms with van der Waals surface area (Å²) in [6.07, 6.45) is 0.720. The van der Waals surface area contributed by atoms with Crippen LogP contribution < -0.4 is 11.1 Å². The van der Waals surface area contributed by atoms with E-state index in [4.69, 9.17) is 22.7 Å². The number of hydrogen-bond donors (Lipinski definition) is 3. The fourth-order valence-electron chi connectivity index (χ4n) is 0.539. The Hall–Kier alpha value is -2.05. The van der Waals surface area contributed by atoms with Crippen LogP contribution in [-0.4, -0.2) is 24.1 Å². The van der Waals surface area contributed by atoms with Gasteiger partial charge < -0.3 is 21.0 Å². The number of nitrogens with two attached hydrogens (primary N) is 1. The van der Waals surface area contributed by atoms with Gasteiger partial charge in [-0.05, 0) is 6.92 Å². The maximum absolute atomic E-state index is 8.86. The van der Waals surface area contributed by atoms with Gasteiger partial charge in [-0.3, -0.25) is 0 Å². The average Bonchev–Trinajstić information content (AvgIpc) is 2.16. The summed E-state index contributed by atoms with van der Waals surface area (Å²) in [4.78, 5) is 6.48. The summed E-state index contributed by atoms with van der Waals surface area (Å²) in [5.74, 6) is -0.248. The quantitative estimate of drug-likeness (QED) is 0.244. The molecule has 0 aliphatic rings. The molecule has 0 aliphatic heterocycles. The van der Waals surface area contributed by atoms with Gasteiger partial charge in [0, 0.05) is 6.54 Å². The molecule has 0 radical (unpaired) electrons. The predicted molar refractivity (Wildman–Crippen MR) is 51.6 cm³/mol. The minimum absolute atomic E-state index is 0.141. The Kier molecular flexibility index (Phi) is 5.52. The van der Waals surface area contributed by atoms with E-state index in [-0.39, 0.29) is 11.5 Å². The van der Waals surface area contributed by atoms with E-state index < -0.39 is 6.10 Å². The highest BCUT2D eigenvalue weighted by Crippen LogP contribution is 1.98. The van der Waals surface area contributed by atoms with Gasteiger partial charge in [0.05, 0.1) is 12.4 Å². The van der Waals surface area contributed by atoms with Crippen LogP contribution in [0.15, 0.2) is 16.5 Å². The number of rotatable bonds is 4. The van der Waals surface area contributed by atoms with E-state index >= 15 is 0 Å². The molecule has 0 heterocycles. The summed E-state index contributed by atoms with van der Waals surface area (Å²) in [6.45, 7) is 8.47. The van der Waals surface area contributed by atoms with Crippen molar-refractivity contribution in [2.45, 2.75) is 13.0 Å². The second-order valence-electron chi connectivity index (χ2n) is 2.47. The number of hydrogen-bond acceptors (Lipinski definition) is 4. The predicted octanol–water partition coefficient (Wildman–Crippen LogP) is -0.444. The van der Waals surface area contributed by atoms with Crippen LogP contribution in [0.1, 0.15) is 6.92 Å². The molecule has 0 saturated heterocycles. The molecule has 0 fully saturated rings. The number of nitrogens with zero attached hydrogens (tertiary/aromatic N) is 3. The number of allylic oxidation sites excluding steroid dienone is 1. The first-order valence-corrected chi connectivity index (χ1v) is 3.83. The van der Waals surface area contributed by atoms with E-state index in [0.29, 0.717) is 6.54 Å². The van der Waals surface area contributed by atoms with Crippen LogP contribution >= 0.6 is 0 Å². The van der Waals surface area contributed by atoms with Crippen molar-refractivity contribution in [3.05, 3.63) is 22.9 Å². The molecule has 0 amide bonds. The molecule has 6 heteroatoms. The molecule has 0 aromatic carbocycles. The molecule has 0 aliphatic carbocycles. The number of nitrogens with one attached hydrogen (secondary N) is 1. The Bertz CT molecular complexity index is 318. The monoisotopic (exact) mass is 193 g/mol. The molecule has 4 N–H and O–H groups in total. The number of aliphatic hydroxyl groups is 1. The van der Waals surface area contributed by atoms with Crippen molar-refractivity contribution in [3.8, 4) is 6.07 Å². The van der Waals surface area contributed by atoms with E-state index in [9.17, 15) is 0 Å². The van der Waals surface area contributed by atoms with Crippen molar-refractivity contribution in [3.63, 3.8) is 0 Å². The van der Waals surface area contributed by atoms with Gasteiger partial charge in [-0.15, -0.1) is 0 Å². The Morgan fingerprint density at radius 2 is 2.57 bits per heavy atom. The summed E-state index contributed by atoms with van der Waals surface area (Å²) < 4.78 is 0. The SMILES string of the molecule is [C-]#[N+]/C(N)=C(C#N)/N=C/NC[C@H](C)O. The lowest BCUT2D eigenvalue weighted by Crippen LogP contribution is -2.22. The Labute approximate surface area is 82.2 Å². The molecular weight excluding hydrogens is 182 g/mol. The minimum atomic E-state index is -0.505. The van der Waals surface area contributed by atoms with Crippen LogP contribution in [0.2, 0.25) is 0 Å². The average molecular weight is 193 g/mol. The Morgan fingerprint density at radius 3 is 3.00 bits per heavy atom. The van der Waals surface area contributed by atoms with Gasteiger partial charge in [0.25, 0.3) is 5.82 Å². The topological polar surface area (TPSA) is 98.8 Å². The molecule has 14 heavy (non-hydrogen) atoms. The van der Waals surface area contributed by atoms with Gasteiger partial charge in [0.2, 0.25) is 0 Å². The molecule has 0 saturated carbocycles. The Morgan fingerprint density at radius 1 is 1.93 bits per heavy atom. The third-order valence-corrected chi connectivity index (χ3v) is 1.17. The molecule has 1 atom stereocenters. The summed E-state index contributed by atoms with van der Waals surface area (Å²) >= 11 is 0.